The Labute approximate surface area is 141 Å². The molecule has 0 saturated carbocycles. The van der Waals surface area contributed by atoms with Gasteiger partial charge in [-0.2, -0.15) is 0 Å². The standard InChI is InChI=1S/C17H24N2O5/c1-17(2)23-9-13(24-17)15-14(18)16(20)19(15)8-10-5-6-11(21-3)12(7-10)22-4/h5-7,13-15H,8-9,18H2,1-4H3/t13-,14-,15?/m0/s1. The van der Waals surface area contributed by atoms with Crippen molar-refractivity contribution in [1.82, 2.24) is 4.90 Å². The lowest BCUT2D eigenvalue weighted by Crippen LogP contribution is -2.72. The SMILES string of the molecule is COc1ccc(CN2C(=O)[C@@H](N)C2[C@@H]2COC(C)(C)O2)cc1OC. The van der Waals surface area contributed by atoms with E-state index in [1.807, 2.05) is 32.0 Å². The third-order valence-corrected chi connectivity index (χ3v) is 4.51. The zero-order chi connectivity index (χ0) is 17.5. The minimum Gasteiger partial charge on any atom is -0.493 e. The summed E-state index contributed by atoms with van der Waals surface area (Å²) in [6.07, 6.45) is -0.215. The summed E-state index contributed by atoms with van der Waals surface area (Å²) < 4.78 is 22.0. The fourth-order valence-corrected chi connectivity index (χ4v) is 3.27. The molecule has 2 aliphatic rings. The minimum absolute atomic E-state index is 0.0805. The number of nitrogens with two attached hydrogens (primary N) is 1. The first-order valence-electron chi connectivity index (χ1n) is 7.95. The van der Waals surface area contributed by atoms with Gasteiger partial charge in [0.25, 0.3) is 0 Å². The van der Waals surface area contributed by atoms with E-state index in [4.69, 9.17) is 24.7 Å². The molecule has 3 rings (SSSR count). The van der Waals surface area contributed by atoms with Gasteiger partial charge in [-0.25, -0.2) is 0 Å². The summed E-state index contributed by atoms with van der Waals surface area (Å²) in [7, 11) is 3.17. The maximum atomic E-state index is 12.2. The summed E-state index contributed by atoms with van der Waals surface area (Å²) in [5, 5.41) is 0. The van der Waals surface area contributed by atoms with Crippen molar-refractivity contribution in [2.45, 2.75) is 44.4 Å². The molecular formula is C17H24N2O5. The van der Waals surface area contributed by atoms with Crippen LogP contribution in [-0.4, -0.2) is 55.6 Å². The fourth-order valence-electron chi connectivity index (χ4n) is 3.27. The van der Waals surface area contributed by atoms with Gasteiger partial charge in [-0.05, 0) is 31.5 Å². The molecular weight excluding hydrogens is 312 g/mol. The zero-order valence-corrected chi connectivity index (χ0v) is 14.4. The van der Waals surface area contributed by atoms with E-state index in [2.05, 4.69) is 0 Å². The Balaban J connectivity index is 1.75. The molecule has 2 heterocycles. The van der Waals surface area contributed by atoms with Gasteiger partial charge in [-0.3, -0.25) is 4.79 Å². The molecule has 24 heavy (non-hydrogen) atoms. The van der Waals surface area contributed by atoms with Crippen LogP contribution in [0.3, 0.4) is 0 Å². The van der Waals surface area contributed by atoms with Crippen LogP contribution in [0.25, 0.3) is 0 Å². The quantitative estimate of drug-likeness (QED) is 0.804. The Bertz CT molecular complexity index is 633. The van der Waals surface area contributed by atoms with Gasteiger partial charge in [0.2, 0.25) is 5.91 Å². The maximum absolute atomic E-state index is 12.2. The van der Waals surface area contributed by atoms with E-state index in [0.29, 0.717) is 24.7 Å². The third-order valence-electron chi connectivity index (χ3n) is 4.51. The van der Waals surface area contributed by atoms with Crippen molar-refractivity contribution in [3.8, 4) is 11.5 Å². The normalized spacial score (nSPS) is 28.6. The van der Waals surface area contributed by atoms with Crippen LogP contribution in [0.15, 0.2) is 18.2 Å². The zero-order valence-electron chi connectivity index (χ0n) is 14.4. The van der Waals surface area contributed by atoms with Crippen LogP contribution in [0.1, 0.15) is 19.4 Å². The molecule has 7 nitrogen and oxygen atoms in total. The van der Waals surface area contributed by atoms with Gasteiger partial charge in [0.1, 0.15) is 12.1 Å². The maximum Gasteiger partial charge on any atom is 0.242 e. The van der Waals surface area contributed by atoms with E-state index in [1.165, 1.54) is 0 Å². The third kappa shape index (κ3) is 2.94. The molecule has 1 aromatic carbocycles. The topological polar surface area (TPSA) is 83.3 Å². The van der Waals surface area contributed by atoms with Gasteiger partial charge in [0, 0.05) is 6.54 Å². The predicted molar refractivity (Wildman–Crippen MR) is 86.8 cm³/mol. The monoisotopic (exact) mass is 336 g/mol. The second-order valence-corrected chi connectivity index (χ2v) is 6.54. The Morgan fingerprint density at radius 2 is 2.00 bits per heavy atom. The molecule has 0 aromatic heterocycles. The highest BCUT2D eigenvalue weighted by atomic mass is 16.7. The number of hydrogen-bond donors (Lipinski definition) is 1. The van der Waals surface area contributed by atoms with Crippen molar-refractivity contribution >= 4 is 5.91 Å². The van der Waals surface area contributed by atoms with Gasteiger partial charge >= 0.3 is 0 Å². The van der Waals surface area contributed by atoms with E-state index in [0.717, 1.165) is 5.56 Å². The van der Waals surface area contributed by atoms with Crippen molar-refractivity contribution in [3.63, 3.8) is 0 Å². The van der Waals surface area contributed by atoms with Crippen LogP contribution < -0.4 is 15.2 Å². The molecule has 1 amide bonds. The number of methoxy groups -OCH3 is 2. The molecule has 1 aromatic rings. The Morgan fingerprint density at radius 3 is 2.58 bits per heavy atom. The second kappa shape index (κ2) is 6.23. The lowest BCUT2D eigenvalue weighted by atomic mass is 9.90. The number of carbonyl (C=O) groups excluding carboxylic acids is 1. The first-order chi connectivity index (χ1) is 11.4. The van der Waals surface area contributed by atoms with Crippen LogP contribution in [0.4, 0.5) is 0 Å². The highest BCUT2D eigenvalue weighted by molar-refractivity contribution is 5.89. The Hall–Kier alpha value is -1.83. The van der Waals surface area contributed by atoms with Gasteiger partial charge in [-0.15, -0.1) is 0 Å². The van der Waals surface area contributed by atoms with Crippen molar-refractivity contribution in [1.29, 1.82) is 0 Å². The molecule has 1 unspecified atom stereocenters. The van der Waals surface area contributed by atoms with E-state index >= 15 is 0 Å². The molecule has 0 bridgehead atoms. The molecule has 2 saturated heterocycles. The molecule has 0 radical (unpaired) electrons. The number of β-lactam (4-membered cyclic amide) rings is 1. The van der Waals surface area contributed by atoms with Crippen LogP contribution >= 0.6 is 0 Å². The predicted octanol–water partition coefficient (Wildman–Crippen LogP) is 0.893. The molecule has 132 valence electrons. The fraction of sp³-hybridized carbons (Fsp3) is 0.588. The summed E-state index contributed by atoms with van der Waals surface area (Å²) >= 11 is 0. The number of benzene rings is 1. The molecule has 2 aliphatic heterocycles. The summed E-state index contributed by atoms with van der Waals surface area (Å²) in [6.45, 7) is 4.59. The second-order valence-electron chi connectivity index (χ2n) is 6.54. The minimum atomic E-state index is -0.641. The first-order valence-corrected chi connectivity index (χ1v) is 7.95. The number of ether oxygens (including phenoxy) is 4. The highest BCUT2D eigenvalue weighted by Crippen LogP contribution is 2.34. The van der Waals surface area contributed by atoms with E-state index in [9.17, 15) is 4.79 Å². The van der Waals surface area contributed by atoms with Crippen LogP contribution in [0.5, 0.6) is 11.5 Å². The van der Waals surface area contributed by atoms with Crippen LogP contribution in [0.2, 0.25) is 0 Å². The van der Waals surface area contributed by atoms with Crippen molar-refractivity contribution < 1.29 is 23.7 Å². The molecule has 2 fully saturated rings. The molecule has 0 spiro atoms. The number of likely N-dealkylation sites (tertiary alicyclic amines) is 1. The number of hydrogen-bond acceptors (Lipinski definition) is 6. The number of nitrogens with zero attached hydrogens (tertiary/aromatic N) is 1. The van der Waals surface area contributed by atoms with Gasteiger partial charge < -0.3 is 29.6 Å². The molecule has 0 aliphatic carbocycles. The van der Waals surface area contributed by atoms with Gasteiger partial charge in [0.05, 0.1) is 26.9 Å². The Morgan fingerprint density at radius 1 is 1.29 bits per heavy atom. The highest BCUT2D eigenvalue weighted by Gasteiger charge is 2.52. The largest absolute Gasteiger partial charge is 0.493 e. The average Bonchev–Trinajstić information content (AvgIpc) is 2.92. The molecule has 3 atom stereocenters. The summed E-state index contributed by atoms with van der Waals surface area (Å²) in [4.78, 5) is 14.0. The number of amides is 1. The lowest BCUT2D eigenvalue weighted by molar-refractivity contribution is -0.172. The molecule has 7 heteroatoms. The van der Waals surface area contributed by atoms with Gasteiger partial charge in [0.15, 0.2) is 17.3 Å². The van der Waals surface area contributed by atoms with E-state index in [1.54, 1.807) is 19.1 Å². The first kappa shape index (κ1) is 17.0. The van der Waals surface area contributed by atoms with Crippen molar-refractivity contribution in [2.24, 2.45) is 5.73 Å². The Kier molecular flexibility index (Phi) is 4.42. The van der Waals surface area contributed by atoms with Crippen LogP contribution in [0, 0.1) is 0 Å². The smallest absolute Gasteiger partial charge is 0.242 e. The summed E-state index contributed by atoms with van der Waals surface area (Å²) in [5.41, 5.74) is 6.95. The van der Waals surface area contributed by atoms with Crippen molar-refractivity contribution in [3.05, 3.63) is 23.8 Å². The van der Waals surface area contributed by atoms with Gasteiger partial charge in [-0.1, -0.05) is 6.07 Å². The number of carbonyl (C=O) groups is 1. The lowest BCUT2D eigenvalue weighted by Gasteiger charge is -2.47. The summed E-state index contributed by atoms with van der Waals surface area (Å²) in [6, 6.07) is 4.86. The van der Waals surface area contributed by atoms with Crippen molar-refractivity contribution in [2.75, 3.05) is 20.8 Å². The average molecular weight is 336 g/mol. The van der Waals surface area contributed by atoms with E-state index < -0.39 is 11.8 Å². The van der Waals surface area contributed by atoms with E-state index in [-0.39, 0.29) is 18.1 Å². The molecule has 2 N–H and O–H groups in total. The van der Waals surface area contributed by atoms with Crippen LogP contribution in [-0.2, 0) is 20.8 Å². The number of rotatable bonds is 5. The summed E-state index contributed by atoms with van der Waals surface area (Å²) in [5.74, 6) is 0.560.